The van der Waals surface area contributed by atoms with E-state index in [0.29, 0.717) is 10.8 Å². The number of thiazole rings is 1. The molecule has 0 fully saturated rings. The molecule has 0 aliphatic heterocycles. The molecule has 0 saturated carbocycles. The third-order valence-electron chi connectivity index (χ3n) is 4.54. The Kier molecular flexibility index (Phi) is 7.23. The zero-order chi connectivity index (χ0) is 21.6. The molecule has 1 amide bonds. The van der Waals surface area contributed by atoms with E-state index in [1.807, 2.05) is 30.5 Å². The van der Waals surface area contributed by atoms with Crippen LogP contribution in [-0.2, 0) is 27.5 Å². The van der Waals surface area contributed by atoms with E-state index in [1.54, 1.807) is 24.3 Å². The van der Waals surface area contributed by atoms with Crippen molar-refractivity contribution in [2.45, 2.75) is 37.1 Å². The summed E-state index contributed by atoms with van der Waals surface area (Å²) in [6, 6.07) is 16.8. The number of aryl methyl sites for hydroxylation is 1. The average Bonchev–Trinajstić information content (AvgIpc) is 3.13. The molecule has 3 rings (SSSR count). The zero-order valence-corrected chi connectivity index (χ0v) is 18.6. The first-order valence-corrected chi connectivity index (χ1v) is 12.4. The molecule has 30 heavy (non-hydrogen) atoms. The van der Waals surface area contributed by atoms with Gasteiger partial charge in [0.15, 0.2) is 15.0 Å². The molecule has 0 saturated heterocycles. The van der Waals surface area contributed by atoms with Crippen LogP contribution < -0.4 is 10.6 Å². The van der Waals surface area contributed by atoms with Crippen LogP contribution >= 0.6 is 11.3 Å². The molecule has 2 N–H and O–H groups in total. The molecule has 0 aliphatic carbocycles. The number of hydrogen-bond donors (Lipinski definition) is 2. The number of amides is 1. The van der Waals surface area contributed by atoms with Crippen LogP contribution in [0.25, 0.3) is 0 Å². The van der Waals surface area contributed by atoms with Gasteiger partial charge in [-0.15, -0.1) is 11.3 Å². The minimum atomic E-state index is -3.22. The number of nitrogens with one attached hydrogen (secondary N) is 2. The highest BCUT2D eigenvalue weighted by atomic mass is 32.2. The highest BCUT2D eigenvalue weighted by Crippen LogP contribution is 2.22. The van der Waals surface area contributed by atoms with Crippen LogP contribution in [0.2, 0.25) is 0 Å². The van der Waals surface area contributed by atoms with E-state index in [9.17, 15) is 13.2 Å². The summed E-state index contributed by atoms with van der Waals surface area (Å²) in [6.07, 6.45) is 3.20. The normalized spacial score (nSPS) is 12.3. The highest BCUT2D eigenvalue weighted by molar-refractivity contribution is 7.90. The van der Waals surface area contributed by atoms with Gasteiger partial charge >= 0.3 is 0 Å². The molecule has 0 spiro atoms. The number of aromatic nitrogens is 1. The van der Waals surface area contributed by atoms with Crippen LogP contribution in [0.5, 0.6) is 0 Å². The fourth-order valence-electron chi connectivity index (χ4n) is 2.94. The van der Waals surface area contributed by atoms with Crippen molar-refractivity contribution in [3.8, 4) is 0 Å². The number of hydrogen-bond acceptors (Lipinski definition) is 6. The fourth-order valence-corrected chi connectivity index (χ4v) is 4.31. The van der Waals surface area contributed by atoms with Crippen molar-refractivity contribution in [1.82, 2.24) is 10.3 Å². The Bertz CT molecular complexity index is 1080. The molecular formula is C22H25N3O3S2. The Morgan fingerprint density at radius 1 is 1.10 bits per heavy atom. The van der Waals surface area contributed by atoms with Crippen molar-refractivity contribution in [3.63, 3.8) is 0 Å². The standard InChI is InChI=1S/C22H25N3O3S2/c1-16(8-9-17-6-4-3-5-7-17)23-21(26)14-19-15-29-22(25-19)24-18-10-12-20(13-11-18)30(2,27)28/h3-7,10-13,15-16H,8-9,14H2,1-2H3,(H,23,26)(H,24,25)/t16-/m0/s1. The van der Waals surface area contributed by atoms with Gasteiger partial charge in [0.25, 0.3) is 0 Å². The Morgan fingerprint density at radius 2 is 1.80 bits per heavy atom. The number of nitrogens with zero attached hydrogens (tertiary/aromatic N) is 1. The molecule has 1 aromatic heterocycles. The number of carbonyl (C=O) groups excluding carboxylic acids is 1. The quantitative estimate of drug-likeness (QED) is 0.522. The van der Waals surface area contributed by atoms with Crippen LogP contribution in [0.3, 0.4) is 0 Å². The highest BCUT2D eigenvalue weighted by Gasteiger charge is 2.12. The molecule has 8 heteroatoms. The van der Waals surface area contributed by atoms with Crippen LogP contribution in [0.4, 0.5) is 10.8 Å². The van der Waals surface area contributed by atoms with Crippen molar-refractivity contribution < 1.29 is 13.2 Å². The van der Waals surface area contributed by atoms with E-state index in [0.717, 1.165) is 18.5 Å². The molecule has 0 radical (unpaired) electrons. The first kappa shape index (κ1) is 22.0. The second kappa shape index (κ2) is 9.86. The molecular weight excluding hydrogens is 418 g/mol. The number of anilines is 2. The number of rotatable bonds is 9. The lowest BCUT2D eigenvalue weighted by Crippen LogP contribution is -2.34. The van der Waals surface area contributed by atoms with E-state index in [2.05, 4.69) is 27.8 Å². The summed E-state index contributed by atoms with van der Waals surface area (Å²) in [5, 5.41) is 8.67. The lowest BCUT2D eigenvalue weighted by molar-refractivity contribution is -0.121. The number of benzene rings is 2. The van der Waals surface area contributed by atoms with E-state index in [-0.39, 0.29) is 23.3 Å². The second-order valence-electron chi connectivity index (χ2n) is 7.24. The molecule has 0 unspecified atom stereocenters. The largest absolute Gasteiger partial charge is 0.353 e. The van der Waals surface area contributed by atoms with Gasteiger partial charge in [-0.05, 0) is 49.6 Å². The van der Waals surface area contributed by atoms with Gasteiger partial charge in [-0.1, -0.05) is 30.3 Å². The number of carbonyl (C=O) groups is 1. The van der Waals surface area contributed by atoms with Gasteiger partial charge in [0, 0.05) is 23.4 Å². The van der Waals surface area contributed by atoms with Gasteiger partial charge in [0.1, 0.15) is 0 Å². The molecule has 2 aromatic carbocycles. The summed E-state index contributed by atoms with van der Waals surface area (Å²) >= 11 is 1.40. The van der Waals surface area contributed by atoms with Gasteiger partial charge in [0.05, 0.1) is 17.0 Å². The molecule has 0 bridgehead atoms. The molecule has 6 nitrogen and oxygen atoms in total. The monoisotopic (exact) mass is 443 g/mol. The summed E-state index contributed by atoms with van der Waals surface area (Å²) in [6.45, 7) is 2.01. The minimum Gasteiger partial charge on any atom is -0.353 e. The topological polar surface area (TPSA) is 88.2 Å². The van der Waals surface area contributed by atoms with Gasteiger partial charge in [-0.2, -0.15) is 0 Å². The van der Waals surface area contributed by atoms with Gasteiger partial charge in [-0.25, -0.2) is 13.4 Å². The lowest BCUT2D eigenvalue weighted by atomic mass is 10.1. The van der Waals surface area contributed by atoms with Crippen LogP contribution in [-0.4, -0.2) is 31.6 Å². The van der Waals surface area contributed by atoms with Crippen LogP contribution in [0, 0.1) is 0 Å². The summed E-state index contributed by atoms with van der Waals surface area (Å²) in [4.78, 5) is 17.0. The Labute approximate surface area is 181 Å². The second-order valence-corrected chi connectivity index (χ2v) is 10.1. The van der Waals surface area contributed by atoms with Gasteiger partial charge in [0.2, 0.25) is 5.91 Å². The van der Waals surface area contributed by atoms with Crippen LogP contribution in [0.15, 0.2) is 64.9 Å². The fraction of sp³-hybridized carbons (Fsp3) is 0.273. The minimum absolute atomic E-state index is 0.0510. The van der Waals surface area contributed by atoms with E-state index < -0.39 is 9.84 Å². The van der Waals surface area contributed by atoms with Crippen molar-refractivity contribution in [2.75, 3.05) is 11.6 Å². The summed E-state index contributed by atoms with van der Waals surface area (Å²) in [5.41, 5.74) is 2.70. The van der Waals surface area contributed by atoms with Crippen molar-refractivity contribution in [3.05, 3.63) is 71.2 Å². The summed E-state index contributed by atoms with van der Waals surface area (Å²) < 4.78 is 23.1. The van der Waals surface area contributed by atoms with E-state index >= 15 is 0 Å². The van der Waals surface area contributed by atoms with Gasteiger partial charge in [-0.3, -0.25) is 4.79 Å². The maximum Gasteiger partial charge on any atom is 0.226 e. The maximum absolute atomic E-state index is 12.3. The first-order chi connectivity index (χ1) is 14.3. The van der Waals surface area contributed by atoms with Crippen molar-refractivity contribution >= 4 is 37.9 Å². The van der Waals surface area contributed by atoms with E-state index in [4.69, 9.17) is 0 Å². The average molecular weight is 444 g/mol. The zero-order valence-electron chi connectivity index (χ0n) is 17.0. The van der Waals surface area contributed by atoms with Crippen molar-refractivity contribution in [1.29, 1.82) is 0 Å². The molecule has 3 aromatic rings. The Morgan fingerprint density at radius 3 is 2.47 bits per heavy atom. The lowest BCUT2D eigenvalue weighted by Gasteiger charge is -2.13. The molecule has 1 heterocycles. The smallest absolute Gasteiger partial charge is 0.226 e. The summed E-state index contributed by atoms with van der Waals surface area (Å²) in [7, 11) is -3.22. The van der Waals surface area contributed by atoms with Gasteiger partial charge < -0.3 is 10.6 Å². The molecule has 0 aliphatic rings. The first-order valence-electron chi connectivity index (χ1n) is 9.64. The van der Waals surface area contributed by atoms with Crippen molar-refractivity contribution in [2.24, 2.45) is 0 Å². The third kappa shape index (κ3) is 6.67. The number of sulfone groups is 1. The predicted octanol–water partition coefficient (Wildman–Crippen LogP) is 3.97. The molecule has 158 valence electrons. The third-order valence-corrected chi connectivity index (χ3v) is 6.48. The SMILES string of the molecule is C[C@@H](CCc1ccccc1)NC(=O)Cc1csc(Nc2ccc(S(C)(=O)=O)cc2)n1. The molecule has 1 atom stereocenters. The maximum atomic E-state index is 12.3. The predicted molar refractivity (Wildman–Crippen MR) is 121 cm³/mol. The Hall–Kier alpha value is -2.71. The Balaban J connectivity index is 1.48. The van der Waals surface area contributed by atoms with Crippen LogP contribution in [0.1, 0.15) is 24.6 Å². The summed E-state index contributed by atoms with van der Waals surface area (Å²) in [5.74, 6) is -0.0510. The van der Waals surface area contributed by atoms with E-state index in [1.165, 1.54) is 23.2 Å².